The van der Waals surface area contributed by atoms with E-state index in [1.807, 2.05) is 52.8 Å². The molecule has 18 heteroatoms. The van der Waals surface area contributed by atoms with E-state index in [2.05, 4.69) is 28.3 Å². The highest BCUT2D eigenvalue weighted by Crippen LogP contribution is 2.46. The number of fused-ring (bicyclic) bond motifs is 2. The molecular weight excluding hydrogens is 999 g/mol. The van der Waals surface area contributed by atoms with Crippen LogP contribution < -0.4 is 21.4 Å². The van der Waals surface area contributed by atoms with Gasteiger partial charge < -0.3 is 55.8 Å². The minimum absolute atomic E-state index is 0.0254. The number of aliphatic hydroxyl groups excluding tert-OH is 4. The molecule has 0 aliphatic carbocycles. The van der Waals surface area contributed by atoms with Crippen molar-refractivity contribution in [2.75, 3.05) is 6.54 Å². The van der Waals surface area contributed by atoms with Crippen molar-refractivity contribution in [1.82, 2.24) is 26.4 Å². The number of allylic oxidation sites excluding steroid dienone is 5. The molecule has 4 heterocycles. The molecule has 0 saturated carbocycles. The van der Waals surface area contributed by atoms with Gasteiger partial charge in [0.25, 0.3) is 5.91 Å². The number of esters is 1. The van der Waals surface area contributed by atoms with E-state index in [4.69, 9.17) is 9.47 Å². The van der Waals surface area contributed by atoms with Crippen LogP contribution in [0.25, 0.3) is 0 Å². The van der Waals surface area contributed by atoms with Crippen molar-refractivity contribution < 1.29 is 63.8 Å². The fourth-order valence-corrected chi connectivity index (χ4v) is 11.3. The number of aromatic hydroxyl groups is 1. The van der Waals surface area contributed by atoms with E-state index in [1.54, 1.807) is 51.1 Å². The van der Waals surface area contributed by atoms with Gasteiger partial charge in [0.1, 0.15) is 41.5 Å². The first-order chi connectivity index (χ1) is 36.9. The van der Waals surface area contributed by atoms with Gasteiger partial charge in [-0.2, -0.15) is 0 Å². The van der Waals surface area contributed by atoms with Crippen LogP contribution in [0.15, 0.2) is 72.4 Å². The average molecular weight is 1090 g/mol. The summed E-state index contributed by atoms with van der Waals surface area (Å²) in [7, 11) is 0. The molecular formula is C60H91N5O13. The second-order valence-corrected chi connectivity index (χ2v) is 23.2. The quantitative estimate of drug-likeness (QED) is 0.0786. The summed E-state index contributed by atoms with van der Waals surface area (Å²) < 4.78 is 12.9. The number of hydrogen-bond acceptors (Lipinski definition) is 14. The monoisotopic (exact) mass is 1090 g/mol. The molecule has 3 saturated heterocycles. The van der Waals surface area contributed by atoms with Gasteiger partial charge in [0.05, 0.1) is 36.4 Å². The smallest absolute Gasteiger partial charge is 0.325 e. The molecule has 17 unspecified atom stereocenters. The van der Waals surface area contributed by atoms with Crippen molar-refractivity contribution in [3.63, 3.8) is 0 Å². The number of benzene rings is 1. The average Bonchev–Trinajstić information content (AvgIpc) is 3.51. The number of ether oxygens (including phenoxy) is 2. The molecule has 4 aliphatic rings. The van der Waals surface area contributed by atoms with E-state index in [-0.39, 0.29) is 79.3 Å². The lowest BCUT2D eigenvalue weighted by atomic mass is 9.69. The van der Waals surface area contributed by atoms with Gasteiger partial charge in [-0.25, -0.2) is 5.43 Å². The Labute approximate surface area is 461 Å². The van der Waals surface area contributed by atoms with Crippen LogP contribution in [0.2, 0.25) is 0 Å². The van der Waals surface area contributed by atoms with Crippen LogP contribution in [0.1, 0.15) is 139 Å². The first-order valence-electron chi connectivity index (χ1n) is 28.4. The number of hydrazine groups is 1. The Morgan fingerprint density at radius 2 is 1.68 bits per heavy atom. The molecule has 17 atom stereocenters. The molecule has 3 fully saturated rings. The molecule has 434 valence electrons. The number of hydrogen-bond donors (Lipinski definition) is 9. The number of aliphatic hydroxyl groups is 4. The number of cyclic esters (lactones) is 1. The summed E-state index contributed by atoms with van der Waals surface area (Å²) in [5, 5.41) is 66.1. The lowest BCUT2D eigenvalue weighted by molar-refractivity contribution is -0.267. The maximum Gasteiger partial charge on any atom is 0.325 e. The zero-order valence-corrected chi connectivity index (χ0v) is 47.6. The fraction of sp³-hybridized carbons (Fsp3) is 0.667. The van der Waals surface area contributed by atoms with Gasteiger partial charge in [0, 0.05) is 61.8 Å². The van der Waals surface area contributed by atoms with E-state index in [1.165, 1.54) is 30.1 Å². The van der Waals surface area contributed by atoms with Gasteiger partial charge in [0.15, 0.2) is 0 Å². The molecule has 2 bridgehead atoms. The summed E-state index contributed by atoms with van der Waals surface area (Å²) in [6.07, 6.45) is 10.6. The van der Waals surface area contributed by atoms with Gasteiger partial charge >= 0.3 is 5.97 Å². The van der Waals surface area contributed by atoms with Gasteiger partial charge in [0.2, 0.25) is 17.7 Å². The van der Waals surface area contributed by atoms with Crippen molar-refractivity contribution in [3.8, 4) is 5.75 Å². The number of amides is 4. The summed E-state index contributed by atoms with van der Waals surface area (Å²) >= 11 is 0. The summed E-state index contributed by atoms with van der Waals surface area (Å²) in [6.45, 7) is 18.3. The highest BCUT2D eigenvalue weighted by molar-refractivity contribution is 5.93. The predicted molar refractivity (Wildman–Crippen MR) is 295 cm³/mol. The van der Waals surface area contributed by atoms with Crippen LogP contribution in [0.3, 0.4) is 0 Å². The summed E-state index contributed by atoms with van der Waals surface area (Å²) in [6, 6.07) is 2.90. The molecule has 18 nitrogen and oxygen atoms in total. The number of carbonyl (C=O) groups is 6. The standard InChI is InChI=1S/C60H91N5O13/c1-11-43-30-37(6)60(63-55(43)72)41(10)53(70)40(9)51(78-60)33-49(69)35(4)20-14-12-15-21-36(5)50-26-17-13-16-25-48(68)39(8)54(71)45(28-27-38(7)66)56(73)62-52(34(2)3)57(74)61-47(32-42-22-18-23-44(67)31-42)58(75)65-29-19-24-46(64-65)59(76)77-50/h12-13,15-18,21-23,25,31,34-35,37,39-41,43,45-54,64,67-71H,11,14,19-20,24,26-30,32-33H2,1-10H3,(H,61,74)(H,62,73)(H,63,72)/b15-12+,17-13-,25-16-,36-21+. The second kappa shape index (κ2) is 29.3. The van der Waals surface area contributed by atoms with E-state index in [0.717, 1.165) is 6.42 Å². The minimum atomic E-state index is -1.43. The number of phenolic OH excluding ortho intramolecular Hbond substituents is 1. The molecule has 5 rings (SSSR count). The first-order valence-corrected chi connectivity index (χ1v) is 28.4. The Morgan fingerprint density at radius 3 is 2.36 bits per heavy atom. The van der Waals surface area contributed by atoms with Crippen molar-refractivity contribution in [3.05, 3.63) is 77.9 Å². The van der Waals surface area contributed by atoms with Crippen LogP contribution >= 0.6 is 0 Å². The van der Waals surface area contributed by atoms with Crippen molar-refractivity contribution in [2.45, 2.75) is 200 Å². The Balaban J connectivity index is 1.35. The van der Waals surface area contributed by atoms with E-state index < -0.39 is 102 Å². The molecule has 4 amide bonds. The highest BCUT2D eigenvalue weighted by Gasteiger charge is 2.57. The topological polar surface area (TPSA) is 273 Å². The first kappa shape index (κ1) is 63.6. The van der Waals surface area contributed by atoms with Crippen molar-refractivity contribution in [2.24, 2.45) is 47.3 Å². The molecule has 1 aromatic carbocycles. The van der Waals surface area contributed by atoms with E-state index in [0.29, 0.717) is 49.7 Å². The number of ketones is 1. The zero-order valence-electron chi connectivity index (χ0n) is 47.6. The SMILES string of the molecule is CCC1CC(C)C2(NC1=O)OC(CC(O)C(C)CC/C=C/C=C(\C)C1C/C=C\C=C/C(O)C(C)C(O)C(CCC(C)=O)C(=O)NC(C(C)C)C(=O)NC(Cc3cccc(O)c3)C(=O)N3CCCC(N3)C(=O)O1)C(C)C(O)C2C. The van der Waals surface area contributed by atoms with Gasteiger partial charge in [-0.05, 0) is 93.9 Å². The number of nitrogens with zero attached hydrogens (tertiary/aromatic N) is 1. The second-order valence-electron chi connectivity index (χ2n) is 23.2. The van der Waals surface area contributed by atoms with Gasteiger partial charge in [-0.1, -0.05) is 110 Å². The molecule has 0 aromatic heterocycles. The number of piperidine rings is 1. The third-order valence-corrected chi connectivity index (χ3v) is 16.9. The largest absolute Gasteiger partial charge is 0.508 e. The number of carbonyl (C=O) groups excluding carboxylic acids is 6. The van der Waals surface area contributed by atoms with E-state index in [9.17, 15) is 54.3 Å². The molecule has 0 radical (unpaired) electrons. The molecule has 9 N–H and O–H groups in total. The number of phenols is 1. The summed E-state index contributed by atoms with van der Waals surface area (Å²) in [4.78, 5) is 82.2. The van der Waals surface area contributed by atoms with Crippen LogP contribution in [0.5, 0.6) is 5.75 Å². The number of Topliss-reactive ketones (excluding diaryl/α,β-unsaturated/α-hetero) is 1. The highest BCUT2D eigenvalue weighted by atomic mass is 16.5. The lowest BCUT2D eigenvalue weighted by Crippen LogP contribution is -2.71. The Hall–Kier alpha value is -5.24. The van der Waals surface area contributed by atoms with Crippen LogP contribution in [0.4, 0.5) is 0 Å². The molecule has 78 heavy (non-hydrogen) atoms. The summed E-state index contributed by atoms with van der Waals surface area (Å²) in [5.74, 6) is -6.33. The maximum absolute atomic E-state index is 14.5. The fourth-order valence-electron chi connectivity index (χ4n) is 11.3. The third-order valence-electron chi connectivity index (χ3n) is 16.9. The molecule has 1 spiro atoms. The van der Waals surface area contributed by atoms with Crippen LogP contribution in [-0.4, -0.2) is 133 Å². The Morgan fingerprint density at radius 1 is 0.949 bits per heavy atom. The maximum atomic E-state index is 14.5. The summed E-state index contributed by atoms with van der Waals surface area (Å²) in [5.41, 5.74) is 3.27. The Bertz CT molecular complexity index is 2340. The van der Waals surface area contributed by atoms with Crippen LogP contribution in [0, 0.1) is 47.3 Å². The van der Waals surface area contributed by atoms with Crippen LogP contribution in [-0.2, 0) is 44.7 Å². The molecule has 1 aromatic rings. The predicted octanol–water partition coefficient (Wildman–Crippen LogP) is 5.41. The van der Waals surface area contributed by atoms with E-state index >= 15 is 0 Å². The Kier molecular flexibility index (Phi) is 23.9. The lowest BCUT2D eigenvalue weighted by Gasteiger charge is -2.56. The van der Waals surface area contributed by atoms with Gasteiger partial charge in [-0.3, -0.25) is 29.0 Å². The number of rotatable bonds is 15. The molecule has 4 aliphatic heterocycles. The third kappa shape index (κ3) is 16.7. The normalized spacial score (nSPS) is 34.9. The van der Waals surface area contributed by atoms with Crippen molar-refractivity contribution >= 4 is 35.4 Å². The number of nitrogens with one attached hydrogen (secondary N) is 4. The zero-order chi connectivity index (χ0) is 57.6. The van der Waals surface area contributed by atoms with Gasteiger partial charge in [-0.15, -0.1) is 0 Å². The minimum Gasteiger partial charge on any atom is -0.508 e. The van der Waals surface area contributed by atoms with Crippen molar-refractivity contribution in [1.29, 1.82) is 0 Å².